The second kappa shape index (κ2) is 15.0. The number of thiophene rings is 1. The van der Waals surface area contributed by atoms with Crippen molar-refractivity contribution >= 4 is 80.9 Å². The van der Waals surface area contributed by atoms with Crippen LogP contribution < -0.4 is 4.90 Å². The minimum Gasteiger partial charge on any atom is -0.310 e. The molecule has 11 aromatic carbocycles. The number of para-hydroxylation sites is 1. The van der Waals surface area contributed by atoms with Crippen molar-refractivity contribution < 1.29 is 0 Å². The Morgan fingerprint density at radius 3 is 1.61 bits per heavy atom. The Morgan fingerprint density at radius 1 is 0.274 bits per heavy atom. The first-order chi connectivity index (χ1) is 30.8. The van der Waals surface area contributed by atoms with Gasteiger partial charge in [-0.1, -0.05) is 188 Å². The van der Waals surface area contributed by atoms with E-state index < -0.39 is 0 Å². The van der Waals surface area contributed by atoms with Crippen LogP contribution >= 0.6 is 11.3 Å². The fourth-order valence-electron chi connectivity index (χ4n) is 9.63. The highest BCUT2D eigenvalue weighted by Crippen LogP contribution is 2.48. The maximum atomic E-state index is 2.45. The molecule has 0 saturated heterocycles. The Labute approximate surface area is 365 Å². The second-order valence-corrected chi connectivity index (χ2v) is 17.1. The van der Waals surface area contributed by atoms with Crippen LogP contribution in [0.2, 0.25) is 0 Å². The molecule has 0 radical (unpaired) electrons. The summed E-state index contributed by atoms with van der Waals surface area (Å²) in [6.45, 7) is 0. The lowest BCUT2D eigenvalue weighted by Crippen LogP contribution is -2.11. The highest BCUT2D eigenvalue weighted by molar-refractivity contribution is 7.25. The molecule has 0 bridgehead atoms. The van der Waals surface area contributed by atoms with Gasteiger partial charge in [0.2, 0.25) is 0 Å². The predicted octanol–water partition coefficient (Wildman–Crippen LogP) is 17.7. The molecule has 1 heterocycles. The van der Waals surface area contributed by atoms with E-state index in [1.807, 2.05) is 11.3 Å². The van der Waals surface area contributed by atoms with E-state index in [0.29, 0.717) is 0 Å². The summed E-state index contributed by atoms with van der Waals surface area (Å²) in [6.07, 6.45) is 0. The average Bonchev–Trinajstić information content (AvgIpc) is 3.72. The fraction of sp³-hybridized carbons (Fsp3) is 0. The lowest BCUT2D eigenvalue weighted by atomic mass is 9.84. The van der Waals surface area contributed by atoms with Gasteiger partial charge in [-0.3, -0.25) is 0 Å². The SMILES string of the molecule is c1ccc(-c2c(-c3ccccc3)c3cc(-c4ccccc4N(c4ccc(-c5cccc6ccccc56)cc4)c4ccc5sc6ccccc6c5c4)ccc3c3ccccc23)cc1. The molecule has 0 fully saturated rings. The summed E-state index contributed by atoms with van der Waals surface area (Å²) in [5, 5.41) is 10.1. The molecule has 0 atom stereocenters. The minimum absolute atomic E-state index is 1.10. The zero-order chi connectivity index (χ0) is 41.0. The summed E-state index contributed by atoms with van der Waals surface area (Å²) >= 11 is 1.86. The van der Waals surface area contributed by atoms with Crippen molar-refractivity contribution in [3.05, 3.63) is 237 Å². The van der Waals surface area contributed by atoms with Crippen LogP contribution in [0.25, 0.3) is 97.0 Å². The van der Waals surface area contributed by atoms with E-state index in [4.69, 9.17) is 0 Å². The second-order valence-electron chi connectivity index (χ2n) is 16.0. The smallest absolute Gasteiger partial charge is 0.0540 e. The van der Waals surface area contributed by atoms with Crippen molar-refractivity contribution in [3.63, 3.8) is 0 Å². The average molecular weight is 806 g/mol. The largest absolute Gasteiger partial charge is 0.310 e. The molecular weight excluding hydrogens is 767 g/mol. The Kier molecular flexibility index (Phi) is 8.76. The van der Waals surface area contributed by atoms with Crippen LogP contribution in [-0.4, -0.2) is 0 Å². The number of rotatable bonds is 7. The predicted molar refractivity (Wildman–Crippen MR) is 268 cm³/mol. The third kappa shape index (κ3) is 6.07. The van der Waals surface area contributed by atoms with Crippen LogP contribution in [0.3, 0.4) is 0 Å². The van der Waals surface area contributed by atoms with Gasteiger partial charge in [0, 0.05) is 37.1 Å². The molecule has 0 N–H and O–H groups in total. The molecule has 290 valence electrons. The summed E-state index contributed by atoms with van der Waals surface area (Å²) in [5.74, 6) is 0. The molecule has 12 rings (SSSR count). The van der Waals surface area contributed by atoms with Gasteiger partial charge in [0.1, 0.15) is 0 Å². The standard InChI is InChI=1S/C60H39NS/c1-3-17-42(18-4-1)59-53-26-10-9-24-50(53)51-36-32-44(38-55(51)60(59)43-19-5-2-6-20-43)49-23-11-13-28-56(49)61(46-35-37-58-54(39-46)52-25-12-14-29-57(52)62-58)45-33-30-41(31-34-45)48-27-15-21-40-16-7-8-22-47(40)48/h1-39H. The van der Waals surface area contributed by atoms with E-state index in [9.17, 15) is 0 Å². The fourth-order valence-corrected chi connectivity index (χ4v) is 10.7. The van der Waals surface area contributed by atoms with Crippen LogP contribution in [0, 0.1) is 0 Å². The van der Waals surface area contributed by atoms with Crippen molar-refractivity contribution in [3.8, 4) is 44.5 Å². The quantitative estimate of drug-likeness (QED) is 0.145. The highest BCUT2D eigenvalue weighted by atomic mass is 32.1. The topological polar surface area (TPSA) is 3.24 Å². The maximum absolute atomic E-state index is 2.45. The number of benzene rings is 11. The van der Waals surface area contributed by atoms with Crippen molar-refractivity contribution in [1.29, 1.82) is 0 Å². The lowest BCUT2D eigenvalue weighted by molar-refractivity contribution is 1.29. The van der Waals surface area contributed by atoms with Crippen molar-refractivity contribution in [2.24, 2.45) is 0 Å². The van der Waals surface area contributed by atoms with Crippen LogP contribution in [0.1, 0.15) is 0 Å². The molecule has 0 spiro atoms. The van der Waals surface area contributed by atoms with Crippen LogP contribution in [-0.2, 0) is 0 Å². The molecule has 0 aliphatic rings. The molecule has 1 aromatic heterocycles. The lowest BCUT2D eigenvalue weighted by Gasteiger charge is -2.28. The first-order valence-electron chi connectivity index (χ1n) is 21.3. The van der Waals surface area contributed by atoms with Gasteiger partial charge in [0.25, 0.3) is 0 Å². The summed E-state index contributed by atoms with van der Waals surface area (Å²) in [5.41, 5.74) is 13.0. The molecule has 0 saturated carbocycles. The first-order valence-corrected chi connectivity index (χ1v) is 22.1. The number of nitrogens with zero attached hydrogens (tertiary/aromatic N) is 1. The van der Waals surface area contributed by atoms with Crippen LogP contribution in [0.4, 0.5) is 17.1 Å². The molecule has 0 aliphatic carbocycles. The summed E-state index contributed by atoms with van der Waals surface area (Å²) in [4.78, 5) is 2.45. The Hall–Kier alpha value is -7.78. The number of fused-ring (bicyclic) bond motifs is 7. The molecule has 0 unspecified atom stereocenters. The van der Waals surface area contributed by atoms with Gasteiger partial charge in [-0.15, -0.1) is 11.3 Å². The zero-order valence-corrected chi connectivity index (χ0v) is 34.7. The highest BCUT2D eigenvalue weighted by Gasteiger charge is 2.22. The molecule has 1 nitrogen and oxygen atoms in total. The van der Waals surface area contributed by atoms with Gasteiger partial charge >= 0.3 is 0 Å². The van der Waals surface area contributed by atoms with Gasteiger partial charge in [-0.2, -0.15) is 0 Å². The Balaban J connectivity index is 1.09. The maximum Gasteiger partial charge on any atom is 0.0540 e. The third-order valence-electron chi connectivity index (χ3n) is 12.5. The van der Waals surface area contributed by atoms with E-state index in [2.05, 4.69) is 241 Å². The molecule has 2 heteroatoms. The molecule has 12 aromatic rings. The minimum atomic E-state index is 1.10. The van der Waals surface area contributed by atoms with Gasteiger partial charge in [0.05, 0.1) is 5.69 Å². The molecule has 0 aliphatic heterocycles. The molecule has 0 amide bonds. The Morgan fingerprint density at radius 2 is 0.823 bits per heavy atom. The molecule has 62 heavy (non-hydrogen) atoms. The first kappa shape index (κ1) is 36.1. The van der Waals surface area contributed by atoms with Gasteiger partial charge < -0.3 is 4.90 Å². The van der Waals surface area contributed by atoms with Gasteiger partial charge in [-0.05, 0) is 120 Å². The van der Waals surface area contributed by atoms with E-state index in [1.165, 1.54) is 91.4 Å². The summed E-state index contributed by atoms with van der Waals surface area (Å²) in [6, 6.07) is 86.8. The number of hydrogen-bond acceptors (Lipinski definition) is 2. The molecular formula is C60H39NS. The van der Waals surface area contributed by atoms with E-state index in [0.717, 1.165) is 22.6 Å². The summed E-state index contributed by atoms with van der Waals surface area (Å²) < 4.78 is 2.60. The monoisotopic (exact) mass is 805 g/mol. The van der Waals surface area contributed by atoms with Crippen LogP contribution in [0.15, 0.2) is 237 Å². The normalized spacial score (nSPS) is 11.5. The van der Waals surface area contributed by atoms with Crippen LogP contribution in [0.5, 0.6) is 0 Å². The summed E-state index contributed by atoms with van der Waals surface area (Å²) in [7, 11) is 0. The number of anilines is 3. The third-order valence-corrected chi connectivity index (χ3v) is 13.6. The van der Waals surface area contributed by atoms with Gasteiger partial charge in [-0.25, -0.2) is 0 Å². The van der Waals surface area contributed by atoms with E-state index >= 15 is 0 Å². The zero-order valence-electron chi connectivity index (χ0n) is 33.9. The van der Waals surface area contributed by atoms with E-state index in [1.54, 1.807) is 0 Å². The van der Waals surface area contributed by atoms with Gasteiger partial charge in [0.15, 0.2) is 0 Å². The Bertz CT molecular complexity index is 3620. The number of hydrogen-bond donors (Lipinski definition) is 0. The van der Waals surface area contributed by atoms with Crippen molar-refractivity contribution in [2.45, 2.75) is 0 Å². The van der Waals surface area contributed by atoms with Crippen molar-refractivity contribution in [2.75, 3.05) is 4.90 Å². The van der Waals surface area contributed by atoms with E-state index in [-0.39, 0.29) is 0 Å². The van der Waals surface area contributed by atoms with Crippen molar-refractivity contribution in [1.82, 2.24) is 0 Å².